The third-order valence-corrected chi connectivity index (χ3v) is 2.62. The van der Waals surface area contributed by atoms with Crippen LogP contribution in [-0.4, -0.2) is 29.3 Å². The van der Waals surface area contributed by atoms with Crippen molar-refractivity contribution in [2.45, 2.75) is 32.1 Å². The lowest BCUT2D eigenvalue weighted by atomic mass is 9.89. The minimum absolute atomic E-state index is 0.108. The van der Waals surface area contributed by atoms with Gasteiger partial charge in [0.1, 0.15) is 0 Å². The first-order valence-corrected chi connectivity index (χ1v) is 4.93. The van der Waals surface area contributed by atoms with E-state index in [1.165, 1.54) is 19.3 Å². The molecule has 0 bridgehead atoms. The minimum Gasteiger partial charge on any atom is -0.322 e. The lowest BCUT2D eigenvalue weighted by molar-refractivity contribution is -0.166. The Bertz CT molecular complexity index is 167. The van der Waals surface area contributed by atoms with Crippen molar-refractivity contribution in [3.05, 3.63) is 0 Å². The second kappa shape index (κ2) is 5.19. The van der Waals surface area contributed by atoms with Gasteiger partial charge in [0.15, 0.2) is 0 Å². The summed E-state index contributed by atoms with van der Waals surface area (Å²) in [6.07, 6.45) is 5.96. The third kappa shape index (κ3) is 3.32. The molecule has 0 unspecified atom stereocenters. The zero-order chi connectivity index (χ0) is 9.68. The average molecular weight is 186 g/mol. The van der Waals surface area contributed by atoms with Crippen LogP contribution in [0.3, 0.4) is 0 Å². The molecule has 1 fully saturated rings. The largest absolute Gasteiger partial charge is 0.322 e. The second-order valence-electron chi connectivity index (χ2n) is 3.68. The molecule has 0 radical (unpaired) electrons. The Kier molecular flexibility index (Phi) is 4.18. The van der Waals surface area contributed by atoms with Crippen molar-refractivity contribution in [2.24, 2.45) is 11.7 Å². The summed E-state index contributed by atoms with van der Waals surface area (Å²) in [5.41, 5.74) is 5.13. The molecular weight excluding hydrogens is 168 g/mol. The summed E-state index contributed by atoms with van der Waals surface area (Å²) in [5, 5.41) is 10.0. The number of hydroxylamine groups is 2. The van der Waals surface area contributed by atoms with Crippen LogP contribution < -0.4 is 5.73 Å². The van der Waals surface area contributed by atoms with E-state index in [0.29, 0.717) is 12.5 Å². The molecule has 1 amide bonds. The number of hydrogen-bond donors (Lipinski definition) is 2. The van der Waals surface area contributed by atoms with Crippen LogP contribution in [0.2, 0.25) is 0 Å². The van der Waals surface area contributed by atoms with Gasteiger partial charge in [0.25, 0.3) is 5.91 Å². The summed E-state index contributed by atoms with van der Waals surface area (Å²) in [7, 11) is 0. The summed E-state index contributed by atoms with van der Waals surface area (Å²) < 4.78 is 0. The van der Waals surface area contributed by atoms with E-state index in [1.807, 2.05) is 0 Å². The van der Waals surface area contributed by atoms with Gasteiger partial charge in [-0.3, -0.25) is 10.0 Å². The van der Waals surface area contributed by atoms with E-state index in [-0.39, 0.29) is 12.5 Å². The van der Waals surface area contributed by atoms with Crippen molar-refractivity contribution in [3.8, 4) is 0 Å². The zero-order valence-corrected chi connectivity index (χ0v) is 7.91. The SMILES string of the molecule is NCC(=O)N(O)CC1CCCCC1. The molecule has 4 nitrogen and oxygen atoms in total. The minimum atomic E-state index is -0.384. The van der Waals surface area contributed by atoms with Crippen molar-refractivity contribution in [2.75, 3.05) is 13.1 Å². The molecule has 76 valence electrons. The maximum absolute atomic E-state index is 10.9. The first-order valence-electron chi connectivity index (χ1n) is 4.93. The lowest BCUT2D eigenvalue weighted by Gasteiger charge is -2.25. The monoisotopic (exact) mass is 186 g/mol. The van der Waals surface area contributed by atoms with Crippen LogP contribution in [-0.2, 0) is 4.79 Å². The van der Waals surface area contributed by atoms with E-state index in [9.17, 15) is 10.0 Å². The normalized spacial score (nSPS) is 18.6. The average Bonchev–Trinajstić information content (AvgIpc) is 2.18. The van der Waals surface area contributed by atoms with Crippen molar-refractivity contribution in [1.29, 1.82) is 0 Å². The summed E-state index contributed by atoms with van der Waals surface area (Å²) in [5.74, 6) is 0.0832. The van der Waals surface area contributed by atoms with Crippen molar-refractivity contribution in [1.82, 2.24) is 5.06 Å². The van der Waals surface area contributed by atoms with Gasteiger partial charge in [0, 0.05) is 0 Å². The Hall–Kier alpha value is -0.610. The van der Waals surface area contributed by atoms with Crippen LogP contribution in [0.5, 0.6) is 0 Å². The predicted octanol–water partition coefficient (Wildman–Crippen LogP) is 0.743. The summed E-state index contributed by atoms with van der Waals surface area (Å²) in [4.78, 5) is 10.9. The van der Waals surface area contributed by atoms with Gasteiger partial charge in [-0.25, -0.2) is 5.06 Å². The number of nitrogens with two attached hydrogens (primary N) is 1. The highest BCUT2D eigenvalue weighted by Crippen LogP contribution is 2.23. The molecule has 3 N–H and O–H groups in total. The molecule has 0 aliphatic heterocycles. The fraction of sp³-hybridized carbons (Fsp3) is 0.889. The van der Waals surface area contributed by atoms with Crippen molar-refractivity contribution < 1.29 is 10.0 Å². The molecule has 0 saturated heterocycles. The quantitative estimate of drug-likeness (QED) is 0.504. The van der Waals surface area contributed by atoms with Gasteiger partial charge in [-0.05, 0) is 18.8 Å². The van der Waals surface area contributed by atoms with E-state index in [2.05, 4.69) is 0 Å². The molecule has 0 atom stereocenters. The smallest absolute Gasteiger partial charge is 0.259 e. The first-order chi connectivity index (χ1) is 6.24. The van der Waals surface area contributed by atoms with Gasteiger partial charge in [0.2, 0.25) is 0 Å². The molecule has 1 rings (SSSR count). The van der Waals surface area contributed by atoms with Crippen LogP contribution in [0.15, 0.2) is 0 Å². The fourth-order valence-electron chi connectivity index (χ4n) is 1.82. The number of rotatable bonds is 3. The molecule has 13 heavy (non-hydrogen) atoms. The molecule has 0 aromatic carbocycles. The maximum atomic E-state index is 10.9. The standard InChI is InChI=1S/C9H18N2O2/c10-6-9(12)11(13)7-8-4-2-1-3-5-8/h8,13H,1-7,10H2. The molecule has 0 heterocycles. The first kappa shape index (κ1) is 10.5. The zero-order valence-electron chi connectivity index (χ0n) is 7.91. The molecule has 0 aromatic rings. The van der Waals surface area contributed by atoms with Crippen LogP contribution in [0, 0.1) is 5.92 Å². The Morgan fingerprint density at radius 2 is 2.00 bits per heavy atom. The third-order valence-electron chi connectivity index (χ3n) is 2.62. The molecule has 0 aromatic heterocycles. The molecular formula is C9H18N2O2. The molecule has 0 spiro atoms. The molecule has 1 aliphatic carbocycles. The van der Waals surface area contributed by atoms with Crippen LogP contribution >= 0.6 is 0 Å². The number of nitrogens with zero attached hydrogens (tertiary/aromatic N) is 1. The summed E-state index contributed by atoms with van der Waals surface area (Å²) in [6, 6.07) is 0. The van der Waals surface area contributed by atoms with Crippen LogP contribution in [0.4, 0.5) is 0 Å². The van der Waals surface area contributed by atoms with Gasteiger partial charge in [0.05, 0.1) is 13.1 Å². The number of carbonyl (C=O) groups excluding carboxylic acids is 1. The van der Waals surface area contributed by atoms with E-state index in [4.69, 9.17) is 5.73 Å². The second-order valence-corrected chi connectivity index (χ2v) is 3.68. The highest BCUT2D eigenvalue weighted by atomic mass is 16.5. The predicted molar refractivity (Wildman–Crippen MR) is 49.1 cm³/mol. The molecule has 1 saturated carbocycles. The highest BCUT2D eigenvalue weighted by Gasteiger charge is 2.18. The highest BCUT2D eigenvalue weighted by molar-refractivity contribution is 5.76. The summed E-state index contributed by atoms with van der Waals surface area (Å²) >= 11 is 0. The van der Waals surface area contributed by atoms with E-state index in [1.54, 1.807) is 0 Å². The Morgan fingerprint density at radius 3 is 2.54 bits per heavy atom. The number of carbonyl (C=O) groups is 1. The van der Waals surface area contributed by atoms with E-state index in [0.717, 1.165) is 17.9 Å². The Morgan fingerprint density at radius 1 is 1.38 bits per heavy atom. The van der Waals surface area contributed by atoms with Gasteiger partial charge in [-0.2, -0.15) is 0 Å². The maximum Gasteiger partial charge on any atom is 0.259 e. The van der Waals surface area contributed by atoms with Gasteiger partial charge >= 0.3 is 0 Å². The van der Waals surface area contributed by atoms with Gasteiger partial charge in [-0.1, -0.05) is 19.3 Å². The molecule has 1 aliphatic rings. The topological polar surface area (TPSA) is 66.6 Å². The van der Waals surface area contributed by atoms with Gasteiger partial charge in [-0.15, -0.1) is 0 Å². The van der Waals surface area contributed by atoms with Gasteiger partial charge < -0.3 is 5.73 Å². The Balaban J connectivity index is 2.25. The van der Waals surface area contributed by atoms with Crippen molar-refractivity contribution >= 4 is 5.91 Å². The summed E-state index contributed by atoms with van der Waals surface area (Å²) in [6.45, 7) is 0.346. The fourth-order valence-corrected chi connectivity index (χ4v) is 1.82. The number of amides is 1. The van der Waals surface area contributed by atoms with Crippen molar-refractivity contribution in [3.63, 3.8) is 0 Å². The molecule has 4 heteroatoms. The number of hydrogen-bond acceptors (Lipinski definition) is 3. The van der Waals surface area contributed by atoms with Crippen LogP contribution in [0.1, 0.15) is 32.1 Å². The van der Waals surface area contributed by atoms with E-state index >= 15 is 0 Å². The Labute approximate surface area is 78.7 Å². The van der Waals surface area contributed by atoms with E-state index < -0.39 is 0 Å². The van der Waals surface area contributed by atoms with Crippen LogP contribution in [0.25, 0.3) is 0 Å². The lowest BCUT2D eigenvalue weighted by Crippen LogP contribution is -2.37.